The molecule has 0 radical (unpaired) electrons. The van der Waals surface area contributed by atoms with E-state index in [4.69, 9.17) is 17.3 Å². The Morgan fingerprint density at radius 3 is 2.95 bits per heavy atom. The number of hydrogen-bond acceptors (Lipinski definition) is 5. The summed E-state index contributed by atoms with van der Waals surface area (Å²) in [7, 11) is 3.88. The summed E-state index contributed by atoms with van der Waals surface area (Å²) in [6.45, 7) is 1.04. The van der Waals surface area contributed by atoms with E-state index < -0.39 is 6.10 Å². The first-order valence-corrected chi connectivity index (χ1v) is 6.81. The first-order valence-electron chi connectivity index (χ1n) is 6.43. The van der Waals surface area contributed by atoms with Gasteiger partial charge < -0.3 is 20.6 Å². The van der Waals surface area contributed by atoms with Crippen molar-refractivity contribution < 1.29 is 9.90 Å². The molecule has 3 N–H and O–H groups in total. The summed E-state index contributed by atoms with van der Waals surface area (Å²) in [5.41, 5.74) is 5.93. The largest absolute Gasteiger partial charge is 0.391 e. The van der Waals surface area contributed by atoms with Gasteiger partial charge in [0.1, 0.15) is 5.82 Å². The molecule has 1 amide bonds. The number of carbonyl (C=O) groups is 1. The van der Waals surface area contributed by atoms with Gasteiger partial charge in [-0.1, -0.05) is 11.6 Å². The third-order valence-electron chi connectivity index (χ3n) is 3.35. The SMILES string of the molecule is CN(C)CC1CC(O)CN1C(=O)c1cnc(N)c(Cl)c1. The number of aromatic nitrogens is 1. The Hall–Kier alpha value is -1.37. The summed E-state index contributed by atoms with van der Waals surface area (Å²) < 4.78 is 0. The zero-order valence-corrected chi connectivity index (χ0v) is 12.3. The summed E-state index contributed by atoms with van der Waals surface area (Å²) in [4.78, 5) is 20.1. The molecule has 2 unspecified atom stereocenters. The molecule has 6 nitrogen and oxygen atoms in total. The van der Waals surface area contributed by atoms with Gasteiger partial charge in [0.15, 0.2) is 0 Å². The quantitative estimate of drug-likeness (QED) is 0.847. The molecule has 1 saturated heterocycles. The van der Waals surface area contributed by atoms with Crippen LogP contribution in [0, 0.1) is 0 Å². The maximum absolute atomic E-state index is 12.5. The van der Waals surface area contributed by atoms with Gasteiger partial charge in [0.25, 0.3) is 5.91 Å². The molecule has 1 fully saturated rings. The smallest absolute Gasteiger partial charge is 0.255 e. The minimum absolute atomic E-state index is 0.0103. The predicted octanol–water partition coefficient (Wildman–Crippen LogP) is 0.454. The number of carbonyl (C=O) groups excluding carboxylic acids is 1. The molecule has 2 atom stereocenters. The monoisotopic (exact) mass is 298 g/mol. The molecule has 1 aromatic heterocycles. The number of halogens is 1. The van der Waals surface area contributed by atoms with E-state index in [1.165, 1.54) is 12.3 Å². The average Bonchev–Trinajstić information content (AvgIpc) is 2.72. The van der Waals surface area contributed by atoms with E-state index in [0.29, 0.717) is 25.1 Å². The van der Waals surface area contributed by atoms with Crippen LogP contribution in [0.5, 0.6) is 0 Å². The molecule has 0 spiro atoms. The molecule has 0 aliphatic carbocycles. The van der Waals surface area contributed by atoms with Crippen molar-refractivity contribution in [2.24, 2.45) is 0 Å². The van der Waals surface area contributed by atoms with E-state index in [9.17, 15) is 9.90 Å². The number of likely N-dealkylation sites (N-methyl/N-ethyl adjacent to an activating group) is 1. The van der Waals surface area contributed by atoms with Crippen molar-refractivity contribution >= 4 is 23.3 Å². The Morgan fingerprint density at radius 2 is 2.35 bits per heavy atom. The third-order valence-corrected chi connectivity index (χ3v) is 3.65. The van der Waals surface area contributed by atoms with E-state index in [-0.39, 0.29) is 22.8 Å². The highest BCUT2D eigenvalue weighted by Gasteiger charge is 2.35. The second-order valence-corrected chi connectivity index (χ2v) is 5.76. The predicted molar refractivity (Wildman–Crippen MR) is 77.7 cm³/mol. The van der Waals surface area contributed by atoms with Crippen LogP contribution in [0.3, 0.4) is 0 Å². The summed E-state index contributed by atoms with van der Waals surface area (Å²) in [6.07, 6.45) is 1.52. The molecule has 1 aliphatic heterocycles. The van der Waals surface area contributed by atoms with Crippen LogP contribution >= 0.6 is 11.6 Å². The zero-order valence-electron chi connectivity index (χ0n) is 11.6. The molecule has 1 aliphatic rings. The van der Waals surface area contributed by atoms with Crippen molar-refractivity contribution in [3.63, 3.8) is 0 Å². The Labute approximate surface area is 123 Å². The minimum Gasteiger partial charge on any atom is -0.391 e. The molecule has 20 heavy (non-hydrogen) atoms. The number of nitrogen functional groups attached to an aromatic ring is 1. The van der Waals surface area contributed by atoms with E-state index in [1.807, 2.05) is 19.0 Å². The molecule has 0 aromatic carbocycles. The lowest BCUT2D eigenvalue weighted by molar-refractivity contribution is 0.0699. The van der Waals surface area contributed by atoms with Crippen LogP contribution < -0.4 is 5.73 Å². The van der Waals surface area contributed by atoms with E-state index in [2.05, 4.69) is 4.98 Å². The van der Waals surface area contributed by atoms with Crippen molar-refractivity contribution in [3.8, 4) is 0 Å². The highest BCUT2D eigenvalue weighted by molar-refractivity contribution is 6.33. The number of aliphatic hydroxyl groups excluding tert-OH is 1. The molecule has 1 aromatic rings. The second kappa shape index (κ2) is 5.95. The van der Waals surface area contributed by atoms with Gasteiger partial charge in [-0.3, -0.25) is 4.79 Å². The number of likely N-dealkylation sites (tertiary alicyclic amines) is 1. The maximum Gasteiger partial charge on any atom is 0.255 e. The first kappa shape index (κ1) is 15.0. The zero-order chi connectivity index (χ0) is 14.9. The van der Waals surface area contributed by atoms with Crippen LogP contribution in [0.1, 0.15) is 16.8 Å². The van der Waals surface area contributed by atoms with Gasteiger partial charge in [-0.25, -0.2) is 4.98 Å². The standard InChI is InChI=1S/C13H19ClN4O2/c1-17(2)6-9-4-10(19)7-18(9)13(20)8-3-11(14)12(15)16-5-8/h3,5,9-10,19H,4,6-7H2,1-2H3,(H2,15,16). The van der Waals surface area contributed by atoms with Crippen LogP contribution in [0.15, 0.2) is 12.3 Å². The van der Waals surface area contributed by atoms with Gasteiger partial charge in [0.2, 0.25) is 0 Å². The van der Waals surface area contributed by atoms with Crippen molar-refractivity contribution in [2.45, 2.75) is 18.6 Å². The van der Waals surface area contributed by atoms with Gasteiger partial charge >= 0.3 is 0 Å². The fraction of sp³-hybridized carbons (Fsp3) is 0.538. The number of pyridine rings is 1. The van der Waals surface area contributed by atoms with Crippen LogP contribution in [0.2, 0.25) is 5.02 Å². The van der Waals surface area contributed by atoms with Gasteiger partial charge in [-0.2, -0.15) is 0 Å². The molecular weight excluding hydrogens is 280 g/mol. The molecule has 7 heteroatoms. The Kier molecular flexibility index (Phi) is 4.47. The number of anilines is 1. The average molecular weight is 299 g/mol. The van der Waals surface area contributed by atoms with Crippen molar-refractivity contribution in [1.82, 2.24) is 14.8 Å². The second-order valence-electron chi connectivity index (χ2n) is 5.35. The summed E-state index contributed by atoms with van der Waals surface area (Å²) >= 11 is 5.90. The van der Waals surface area contributed by atoms with Crippen molar-refractivity contribution in [3.05, 3.63) is 22.8 Å². The summed E-state index contributed by atoms with van der Waals surface area (Å²) in [5, 5.41) is 10.1. The molecule has 2 rings (SSSR count). The highest BCUT2D eigenvalue weighted by atomic mass is 35.5. The molecule has 0 saturated carbocycles. The van der Waals surface area contributed by atoms with Gasteiger partial charge in [0, 0.05) is 25.3 Å². The van der Waals surface area contributed by atoms with Crippen molar-refractivity contribution in [1.29, 1.82) is 0 Å². The Morgan fingerprint density at radius 1 is 1.65 bits per heavy atom. The van der Waals surface area contributed by atoms with Crippen LogP contribution in [-0.2, 0) is 0 Å². The fourth-order valence-electron chi connectivity index (χ4n) is 2.47. The number of aliphatic hydroxyl groups is 1. The minimum atomic E-state index is -0.485. The van der Waals surface area contributed by atoms with Crippen molar-refractivity contribution in [2.75, 3.05) is 32.9 Å². The van der Waals surface area contributed by atoms with Crippen LogP contribution in [-0.4, -0.2) is 65.1 Å². The summed E-state index contributed by atoms with van der Waals surface area (Å²) in [6, 6.07) is 1.51. The normalized spacial score (nSPS) is 22.6. The summed E-state index contributed by atoms with van der Waals surface area (Å²) in [5.74, 6) is 0.0253. The first-order chi connectivity index (χ1) is 9.38. The van der Waals surface area contributed by atoms with Crippen LogP contribution in [0.4, 0.5) is 5.82 Å². The van der Waals surface area contributed by atoms with Gasteiger partial charge in [0.05, 0.1) is 16.7 Å². The fourth-order valence-corrected chi connectivity index (χ4v) is 2.63. The van der Waals surface area contributed by atoms with Gasteiger partial charge in [-0.15, -0.1) is 0 Å². The third kappa shape index (κ3) is 3.20. The topological polar surface area (TPSA) is 82.7 Å². The number of rotatable bonds is 3. The van der Waals surface area contributed by atoms with E-state index >= 15 is 0 Å². The number of amides is 1. The highest BCUT2D eigenvalue weighted by Crippen LogP contribution is 2.23. The lowest BCUT2D eigenvalue weighted by Gasteiger charge is -2.26. The van der Waals surface area contributed by atoms with Gasteiger partial charge in [-0.05, 0) is 26.6 Å². The van der Waals surface area contributed by atoms with E-state index in [1.54, 1.807) is 4.90 Å². The number of nitrogens with two attached hydrogens (primary N) is 1. The maximum atomic E-state index is 12.5. The lowest BCUT2D eigenvalue weighted by Crippen LogP contribution is -2.41. The van der Waals surface area contributed by atoms with E-state index in [0.717, 1.165) is 0 Å². The Bertz CT molecular complexity index is 509. The Balaban J connectivity index is 2.19. The molecule has 0 bridgehead atoms. The van der Waals surface area contributed by atoms with Crippen LogP contribution in [0.25, 0.3) is 0 Å². The molecule has 110 valence electrons. The number of β-amino-alcohol motifs (C(OH)–C–C–N with tert-alkyl or cyclic N) is 1. The molecular formula is C13H19ClN4O2. The molecule has 2 heterocycles. The number of nitrogens with zero attached hydrogens (tertiary/aromatic N) is 3. The number of hydrogen-bond donors (Lipinski definition) is 2. The lowest BCUT2D eigenvalue weighted by atomic mass is 10.1.